The Labute approximate surface area is 116 Å². The first kappa shape index (κ1) is 12.7. The maximum absolute atomic E-state index is 11.3. The molecule has 104 valence electrons. The molecule has 6 heteroatoms. The van der Waals surface area contributed by atoms with Gasteiger partial charge in [0, 0.05) is 17.1 Å². The molecule has 0 saturated heterocycles. The summed E-state index contributed by atoms with van der Waals surface area (Å²) >= 11 is 0. The van der Waals surface area contributed by atoms with Crippen molar-refractivity contribution in [1.29, 1.82) is 0 Å². The first-order valence-electron chi connectivity index (χ1n) is 6.53. The van der Waals surface area contributed by atoms with E-state index in [0.29, 0.717) is 12.2 Å². The summed E-state index contributed by atoms with van der Waals surface area (Å²) in [7, 11) is 1.70. The molecule has 0 amide bonds. The summed E-state index contributed by atoms with van der Waals surface area (Å²) in [6, 6.07) is 8.22. The van der Waals surface area contributed by atoms with Gasteiger partial charge in [0.25, 0.3) is 0 Å². The second kappa shape index (κ2) is 5.34. The van der Waals surface area contributed by atoms with Gasteiger partial charge in [-0.05, 0) is 24.6 Å². The Morgan fingerprint density at radius 2 is 2.25 bits per heavy atom. The molecular weight excluding hydrogens is 256 g/mol. The van der Waals surface area contributed by atoms with Crippen molar-refractivity contribution < 1.29 is 14.3 Å². The number of aromatic nitrogens is 3. The number of aryl methyl sites for hydroxylation is 1. The summed E-state index contributed by atoms with van der Waals surface area (Å²) in [5, 5.41) is 19.4. The molecule has 2 N–H and O–H groups in total. The van der Waals surface area contributed by atoms with Crippen LogP contribution in [0.1, 0.15) is 11.3 Å². The van der Waals surface area contributed by atoms with Crippen LogP contribution in [0.5, 0.6) is 5.95 Å². The van der Waals surface area contributed by atoms with Crippen molar-refractivity contribution in [3.63, 3.8) is 0 Å². The van der Waals surface area contributed by atoms with Gasteiger partial charge < -0.3 is 19.9 Å². The standard InChI is InChI=1S/C14H16N4O2/c1-18-13(14(19)20-17-18)9-15-7-6-10-8-16-12-5-3-2-4-11(10)12/h2-5,8,15-16H,6-7,9H2,1H3. The third-order valence-electron chi connectivity index (χ3n) is 3.41. The second-order valence-corrected chi connectivity index (χ2v) is 4.72. The third kappa shape index (κ3) is 2.37. The monoisotopic (exact) mass is 272 g/mol. The van der Waals surface area contributed by atoms with Gasteiger partial charge in [-0.1, -0.05) is 22.9 Å². The maximum atomic E-state index is 11.3. The van der Waals surface area contributed by atoms with Crippen molar-refractivity contribution in [2.75, 3.05) is 6.54 Å². The Morgan fingerprint density at radius 1 is 1.40 bits per heavy atom. The lowest BCUT2D eigenvalue weighted by Gasteiger charge is -2.02. The van der Waals surface area contributed by atoms with Gasteiger partial charge in [0.1, 0.15) is 0 Å². The molecule has 0 radical (unpaired) electrons. The predicted molar refractivity (Wildman–Crippen MR) is 70.8 cm³/mol. The van der Waals surface area contributed by atoms with Crippen LogP contribution in [0.2, 0.25) is 0 Å². The van der Waals surface area contributed by atoms with Crippen molar-refractivity contribution in [1.82, 2.24) is 15.6 Å². The van der Waals surface area contributed by atoms with E-state index in [-0.39, 0.29) is 5.95 Å². The minimum atomic E-state index is -0.382. The van der Waals surface area contributed by atoms with E-state index >= 15 is 0 Å². The first-order chi connectivity index (χ1) is 9.75. The molecule has 2 heterocycles. The zero-order valence-corrected chi connectivity index (χ0v) is 11.2. The second-order valence-electron chi connectivity index (χ2n) is 4.72. The molecule has 6 nitrogen and oxygen atoms in total. The third-order valence-corrected chi connectivity index (χ3v) is 3.41. The van der Waals surface area contributed by atoms with Crippen LogP contribution in [0.3, 0.4) is 0 Å². The minimum absolute atomic E-state index is 0.382. The zero-order valence-electron chi connectivity index (χ0n) is 11.2. The largest absolute Gasteiger partial charge is 0.539 e. The quantitative estimate of drug-likeness (QED) is 0.520. The van der Waals surface area contributed by atoms with Crippen LogP contribution in [0, 0.1) is 0 Å². The van der Waals surface area contributed by atoms with Crippen LogP contribution in [-0.2, 0) is 20.0 Å². The van der Waals surface area contributed by atoms with Crippen molar-refractivity contribution in [2.24, 2.45) is 7.05 Å². The molecule has 0 bridgehead atoms. The van der Waals surface area contributed by atoms with Gasteiger partial charge in [0.2, 0.25) is 5.69 Å². The Morgan fingerprint density at radius 3 is 3.05 bits per heavy atom. The van der Waals surface area contributed by atoms with Crippen molar-refractivity contribution in [3.8, 4) is 5.95 Å². The van der Waals surface area contributed by atoms with Gasteiger partial charge in [-0.3, -0.25) is 0 Å². The fraction of sp³-hybridized carbons (Fsp3) is 0.286. The summed E-state index contributed by atoms with van der Waals surface area (Å²) in [5.41, 5.74) is 2.95. The summed E-state index contributed by atoms with van der Waals surface area (Å²) < 4.78 is 6.03. The van der Waals surface area contributed by atoms with Gasteiger partial charge in [-0.15, -0.1) is 0 Å². The number of rotatable bonds is 5. The summed E-state index contributed by atoms with van der Waals surface area (Å²) in [5.74, 6) is -0.382. The maximum Gasteiger partial charge on any atom is 0.246 e. The number of hydrogen-bond acceptors (Lipinski definition) is 4. The van der Waals surface area contributed by atoms with Crippen LogP contribution in [0.15, 0.2) is 35.0 Å². The molecule has 3 rings (SSSR count). The number of H-pyrrole nitrogens is 1. The van der Waals surface area contributed by atoms with Crippen molar-refractivity contribution >= 4 is 10.9 Å². The molecule has 0 aliphatic carbocycles. The molecular formula is C14H16N4O2. The van der Waals surface area contributed by atoms with Crippen LogP contribution in [0.4, 0.5) is 0 Å². The topological polar surface area (TPSA) is 80.8 Å². The van der Waals surface area contributed by atoms with Gasteiger partial charge in [0.05, 0.1) is 11.8 Å². The average Bonchev–Trinajstić information content (AvgIpc) is 3.01. The highest BCUT2D eigenvalue weighted by Crippen LogP contribution is 2.17. The lowest BCUT2D eigenvalue weighted by molar-refractivity contribution is -0.746. The minimum Gasteiger partial charge on any atom is -0.539 e. The van der Waals surface area contributed by atoms with Crippen LogP contribution in [-0.4, -0.2) is 16.8 Å². The Kier molecular flexibility index (Phi) is 3.39. The Bertz CT molecular complexity index is 697. The van der Waals surface area contributed by atoms with E-state index in [4.69, 9.17) is 0 Å². The number of aromatic amines is 1. The van der Waals surface area contributed by atoms with Gasteiger partial charge in [-0.25, -0.2) is 0 Å². The molecule has 1 aromatic carbocycles. The van der Waals surface area contributed by atoms with Gasteiger partial charge >= 0.3 is 0 Å². The molecule has 0 aliphatic heterocycles. The van der Waals surface area contributed by atoms with Crippen molar-refractivity contribution in [3.05, 3.63) is 41.7 Å². The molecule has 0 fully saturated rings. The number of benzene rings is 1. The van der Waals surface area contributed by atoms with E-state index in [1.807, 2.05) is 18.3 Å². The smallest absolute Gasteiger partial charge is 0.246 e. The first-order valence-corrected chi connectivity index (χ1v) is 6.53. The molecule has 0 atom stereocenters. The molecule has 0 unspecified atom stereocenters. The fourth-order valence-corrected chi connectivity index (χ4v) is 2.29. The normalized spacial score (nSPS) is 11.2. The average molecular weight is 272 g/mol. The summed E-state index contributed by atoms with van der Waals surface area (Å²) in [6.07, 6.45) is 2.93. The van der Waals surface area contributed by atoms with Crippen LogP contribution >= 0.6 is 0 Å². The molecule has 0 saturated carbocycles. The van der Waals surface area contributed by atoms with E-state index in [1.165, 1.54) is 15.6 Å². The number of nitrogens with one attached hydrogen (secondary N) is 2. The van der Waals surface area contributed by atoms with Crippen molar-refractivity contribution in [2.45, 2.75) is 13.0 Å². The van der Waals surface area contributed by atoms with E-state index in [1.54, 1.807) is 7.05 Å². The molecule has 0 spiro atoms. The Balaban J connectivity index is 1.58. The van der Waals surface area contributed by atoms with Crippen LogP contribution in [0.25, 0.3) is 10.9 Å². The summed E-state index contributed by atoms with van der Waals surface area (Å²) in [4.78, 5) is 3.25. The highest BCUT2D eigenvalue weighted by molar-refractivity contribution is 5.83. The molecule has 0 aliphatic rings. The van der Waals surface area contributed by atoms with E-state index < -0.39 is 0 Å². The number of para-hydroxylation sites is 1. The number of nitrogens with zero attached hydrogens (tertiary/aromatic N) is 2. The van der Waals surface area contributed by atoms with Crippen LogP contribution < -0.4 is 15.1 Å². The molecule has 2 aromatic heterocycles. The van der Waals surface area contributed by atoms with Gasteiger partial charge in [-0.2, -0.15) is 0 Å². The predicted octanol–water partition coefficient (Wildman–Crippen LogP) is 0.386. The zero-order chi connectivity index (χ0) is 13.9. The molecule has 20 heavy (non-hydrogen) atoms. The van der Waals surface area contributed by atoms with E-state index in [2.05, 4.69) is 32.2 Å². The highest BCUT2D eigenvalue weighted by atomic mass is 16.6. The number of fused-ring (bicyclic) bond motifs is 1. The SMILES string of the molecule is C[n+]1noc([O-])c1CNCCc1c[nH]c2ccccc12. The number of hydrogen-bond donors (Lipinski definition) is 2. The van der Waals surface area contributed by atoms with E-state index in [9.17, 15) is 5.11 Å². The fourth-order valence-electron chi connectivity index (χ4n) is 2.29. The highest BCUT2D eigenvalue weighted by Gasteiger charge is 2.12. The Hall–Kier alpha value is -2.34. The lowest BCUT2D eigenvalue weighted by atomic mass is 10.1. The summed E-state index contributed by atoms with van der Waals surface area (Å²) in [6.45, 7) is 1.24. The van der Waals surface area contributed by atoms with E-state index in [0.717, 1.165) is 18.5 Å². The van der Waals surface area contributed by atoms with Gasteiger partial charge in [0.15, 0.2) is 13.0 Å². The lowest BCUT2D eigenvalue weighted by Crippen LogP contribution is -2.37. The molecule has 3 aromatic rings.